The number of aromatic nitrogens is 2. The van der Waals surface area contributed by atoms with Crippen LogP contribution < -0.4 is 0 Å². The fourth-order valence-electron chi connectivity index (χ4n) is 4.06. The Morgan fingerprint density at radius 2 is 1.87 bits per heavy atom. The van der Waals surface area contributed by atoms with Gasteiger partial charge in [0.15, 0.2) is 0 Å². The van der Waals surface area contributed by atoms with Crippen LogP contribution in [0.15, 0.2) is 24.3 Å². The van der Waals surface area contributed by atoms with Crippen molar-refractivity contribution in [2.24, 2.45) is 0 Å². The molecule has 0 bridgehead atoms. The van der Waals surface area contributed by atoms with Gasteiger partial charge in [-0.3, -0.25) is 9.80 Å². The molecule has 0 amide bonds. The van der Waals surface area contributed by atoms with Crippen molar-refractivity contribution < 1.29 is 5.11 Å². The lowest BCUT2D eigenvalue weighted by molar-refractivity contribution is -0.00503. The van der Waals surface area contributed by atoms with Gasteiger partial charge >= 0.3 is 0 Å². The summed E-state index contributed by atoms with van der Waals surface area (Å²) in [5.41, 5.74) is 2.16. The zero-order valence-corrected chi connectivity index (χ0v) is 13.6. The Bertz CT molecular complexity index is 614. The van der Waals surface area contributed by atoms with E-state index in [-0.39, 0.29) is 6.10 Å². The molecule has 23 heavy (non-hydrogen) atoms. The van der Waals surface area contributed by atoms with Crippen molar-refractivity contribution >= 4 is 11.0 Å². The lowest BCUT2D eigenvalue weighted by atomic mass is 9.91. The molecule has 0 radical (unpaired) electrons. The van der Waals surface area contributed by atoms with E-state index in [2.05, 4.69) is 31.9 Å². The zero-order chi connectivity index (χ0) is 15.6. The number of H-pyrrole nitrogens is 1. The van der Waals surface area contributed by atoms with Crippen molar-refractivity contribution in [3.8, 4) is 0 Å². The number of hydrogen-bond donors (Lipinski definition) is 2. The van der Waals surface area contributed by atoms with E-state index in [0.717, 1.165) is 62.4 Å². The minimum atomic E-state index is -0.120. The van der Waals surface area contributed by atoms with Gasteiger partial charge in [0.25, 0.3) is 0 Å². The molecule has 2 aliphatic rings. The molecule has 5 heteroatoms. The normalized spacial score (nSPS) is 27.5. The molecule has 0 unspecified atom stereocenters. The molecule has 1 aromatic carbocycles. The Morgan fingerprint density at radius 1 is 1.09 bits per heavy atom. The van der Waals surface area contributed by atoms with Gasteiger partial charge in [0, 0.05) is 32.2 Å². The van der Waals surface area contributed by atoms with Crippen LogP contribution in [0.2, 0.25) is 0 Å². The fraction of sp³-hybridized carbons (Fsp3) is 0.611. The van der Waals surface area contributed by atoms with E-state index in [4.69, 9.17) is 0 Å². The van der Waals surface area contributed by atoms with Crippen molar-refractivity contribution in [3.05, 3.63) is 30.1 Å². The SMILES string of the molecule is O[C@@H]1CCCC[C@H]1N1CCN(Cc2nc3ccccc3[nH]2)CC1. The second-order valence-corrected chi connectivity index (χ2v) is 6.93. The third-order valence-electron chi connectivity index (χ3n) is 5.38. The number of imidazole rings is 1. The van der Waals surface area contributed by atoms with Gasteiger partial charge in [-0.05, 0) is 25.0 Å². The average molecular weight is 314 g/mol. The molecular formula is C18H26N4O. The Balaban J connectivity index is 1.34. The standard InChI is InChI=1S/C18H26N4O/c23-17-8-4-3-7-16(17)22-11-9-21(10-12-22)13-18-19-14-5-1-2-6-15(14)20-18/h1-2,5-6,16-17,23H,3-4,7-13H2,(H,19,20)/t16-,17-/m1/s1. The molecule has 1 aliphatic carbocycles. The number of aliphatic hydroxyl groups is 1. The van der Waals surface area contributed by atoms with Gasteiger partial charge in [-0.25, -0.2) is 4.98 Å². The Morgan fingerprint density at radius 3 is 2.65 bits per heavy atom. The van der Waals surface area contributed by atoms with Gasteiger partial charge in [0.05, 0.1) is 23.7 Å². The summed E-state index contributed by atoms with van der Waals surface area (Å²) >= 11 is 0. The molecular weight excluding hydrogens is 288 g/mol. The van der Waals surface area contributed by atoms with Crippen molar-refractivity contribution in [1.29, 1.82) is 0 Å². The van der Waals surface area contributed by atoms with E-state index in [0.29, 0.717) is 6.04 Å². The summed E-state index contributed by atoms with van der Waals surface area (Å²) in [5, 5.41) is 10.2. The van der Waals surface area contributed by atoms with Crippen molar-refractivity contribution in [2.75, 3.05) is 26.2 Å². The quantitative estimate of drug-likeness (QED) is 0.910. The monoisotopic (exact) mass is 314 g/mol. The topological polar surface area (TPSA) is 55.4 Å². The van der Waals surface area contributed by atoms with Crippen LogP contribution in [0.3, 0.4) is 0 Å². The van der Waals surface area contributed by atoms with Crippen LogP contribution >= 0.6 is 0 Å². The van der Waals surface area contributed by atoms with Gasteiger partial charge in [-0.1, -0.05) is 25.0 Å². The molecule has 0 spiro atoms. The molecule has 4 rings (SSSR count). The minimum Gasteiger partial charge on any atom is -0.391 e. The zero-order valence-electron chi connectivity index (χ0n) is 13.6. The molecule has 1 saturated carbocycles. The van der Waals surface area contributed by atoms with Crippen molar-refractivity contribution in [3.63, 3.8) is 0 Å². The van der Waals surface area contributed by atoms with E-state index in [1.807, 2.05) is 12.1 Å². The first-order chi connectivity index (χ1) is 11.3. The minimum absolute atomic E-state index is 0.120. The van der Waals surface area contributed by atoms with E-state index >= 15 is 0 Å². The van der Waals surface area contributed by atoms with Crippen LogP contribution in [0.1, 0.15) is 31.5 Å². The highest BCUT2D eigenvalue weighted by Gasteiger charge is 2.30. The summed E-state index contributed by atoms with van der Waals surface area (Å²) in [6.45, 7) is 5.11. The summed E-state index contributed by atoms with van der Waals surface area (Å²) in [6.07, 6.45) is 4.46. The maximum Gasteiger partial charge on any atom is 0.121 e. The Kier molecular flexibility index (Phi) is 4.33. The molecule has 1 saturated heterocycles. The van der Waals surface area contributed by atoms with E-state index in [1.165, 1.54) is 12.8 Å². The third kappa shape index (κ3) is 3.27. The second kappa shape index (κ2) is 6.59. The largest absolute Gasteiger partial charge is 0.391 e. The fourth-order valence-corrected chi connectivity index (χ4v) is 4.06. The summed E-state index contributed by atoms with van der Waals surface area (Å²) in [6, 6.07) is 8.59. The van der Waals surface area contributed by atoms with Crippen LogP contribution in [-0.2, 0) is 6.54 Å². The summed E-state index contributed by atoms with van der Waals surface area (Å²) in [5.74, 6) is 1.05. The number of nitrogens with zero attached hydrogens (tertiary/aromatic N) is 3. The third-order valence-corrected chi connectivity index (χ3v) is 5.38. The first-order valence-corrected chi connectivity index (χ1v) is 8.88. The van der Waals surface area contributed by atoms with E-state index < -0.39 is 0 Å². The summed E-state index contributed by atoms with van der Waals surface area (Å²) < 4.78 is 0. The lowest BCUT2D eigenvalue weighted by Gasteiger charge is -2.42. The average Bonchev–Trinajstić information content (AvgIpc) is 2.98. The maximum atomic E-state index is 10.2. The molecule has 5 nitrogen and oxygen atoms in total. The molecule has 1 aliphatic heterocycles. The van der Waals surface area contributed by atoms with Crippen LogP contribution in [-0.4, -0.2) is 63.2 Å². The first kappa shape index (κ1) is 15.1. The molecule has 2 fully saturated rings. The first-order valence-electron chi connectivity index (χ1n) is 8.88. The Hall–Kier alpha value is -1.43. The molecule has 2 atom stereocenters. The number of aromatic amines is 1. The maximum absolute atomic E-state index is 10.2. The molecule has 1 aromatic heterocycles. The predicted octanol–water partition coefficient (Wildman–Crippen LogP) is 1.98. The summed E-state index contributed by atoms with van der Waals surface area (Å²) in [4.78, 5) is 13.1. The highest BCUT2D eigenvalue weighted by atomic mass is 16.3. The number of fused-ring (bicyclic) bond motifs is 1. The second-order valence-electron chi connectivity index (χ2n) is 6.93. The van der Waals surface area contributed by atoms with Crippen molar-refractivity contribution in [2.45, 2.75) is 44.4 Å². The van der Waals surface area contributed by atoms with Gasteiger partial charge in [-0.15, -0.1) is 0 Å². The van der Waals surface area contributed by atoms with E-state index in [1.54, 1.807) is 0 Å². The number of para-hydroxylation sites is 2. The lowest BCUT2D eigenvalue weighted by Crippen LogP contribution is -2.54. The van der Waals surface area contributed by atoms with Gasteiger partial charge < -0.3 is 10.1 Å². The van der Waals surface area contributed by atoms with Crippen LogP contribution in [0.4, 0.5) is 0 Å². The molecule has 124 valence electrons. The predicted molar refractivity (Wildman–Crippen MR) is 91.2 cm³/mol. The molecule has 2 heterocycles. The van der Waals surface area contributed by atoms with Crippen LogP contribution in [0, 0.1) is 0 Å². The van der Waals surface area contributed by atoms with E-state index in [9.17, 15) is 5.11 Å². The number of benzene rings is 1. The van der Waals surface area contributed by atoms with Crippen LogP contribution in [0.5, 0.6) is 0 Å². The molecule has 2 N–H and O–H groups in total. The number of nitrogens with one attached hydrogen (secondary N) is 1. The number of aliphatic hydroxyl groups excluding tert-OH is 1. The smallest absolute Gasteiger partial charge is 0.121 e. The number of hydrogen-bond acceptors (Lipinski definition) is 4. The molecule has 2 aromatic rings. The number of rotatable bonds is 3. The highest BCUT2D eigenvalue weighted by molar-refractivity contribution is 5.74. The van der Waals surface area contributed by atoms with Gasteiger partial charge in [0.2, 0.25) is 0 Å². The number of piperazine rings is 1. The van der Waals surface area contributed by atoms with Crippen LogP contribution in [0.25, 0.3) is 11.0 Å². The van der Waals surface area contributed by atoms with Gasteiger partial charge in [-0.2, -0.15) is 0 Å². The summed E-state index contributed by atoms with van der Waals surface area (Å²) in [7, 11) is 0. The highest BCUT2D eigenvalue weighted by Crippen LogP contribution is 2.24. The van der Waals surface area contributed by atoms with Crippen molar-refractivity contribution in [1.82, 2.24) is 19.8 Å². The van der Waals surface area contributed by atoms with Gasteiger partial charge in [0.1, 0.15) is 5.82 Å². The Labute approximate surface area is 137 Å².